The van der Waals surface area contributed by atoms with Crippen LogP contribution < -0.4 is 5.73 Å². The van der Waals surface area contributed by atoms with Crippen molar-refractivity contribution in [3.8, 4) is 5.75 Å². The number of rotatable bonds is 2. The highest BCUT2D eigenvalue weighted by molar-refractivity contribution is 5.34. The monoisotopic (exact) mass is 269 g/mol. The van der Waals surface area contributed by atoms with Crippen LogP contribution in [0.25, 0.3) is 0 Å². The van der Waals surface area contributed by atoms with Gasteiger partial charge in [0.1, 0.15) is 5.75 Å². The van der Waals surface area contributed by atoms with Gasteiger partial charge in [0.2, 0.25) is 0 Å². The molecular weight excluding hydrogens is 234 g/mol. The lowest BCUT2D eigenvalue weighted by Gasteiger charge is -1.97. The molecule has 19 heavy (non-hydrogen) atoms. The van der Waals surface area contributed by atoms with E-state index in [1.807, 2.05) is 53.7 Å². The SMILES string of the molecule is CC.CC.CC(C)CCN.Cc1ccc(O)c(C)c1. The fourth-order valence-electron chi connectivity index (χ4n) is 1.14. The molecule has 3 N–H and O–H groups in total. The van der Waals surface area contributed by atoms with Crippen LogP contribution in [0.5, 0.6) is 5.75 Å². The van der Waals surface area contributed by atoms with Gasteiger partial charge in [-0.25, -0.2) is 0 Å². The summed E-state index contributed by atoms with van der Waals surface area (Å²) in [4.78, 5) is 0. The van der Waals surface area contributed by atoms with Gasteiger partial charge in [-0.3, -0.25) is 0 Å². The molecule has 0 radical (unpaired) electrons. The molecular formula is C17H35NO. The van der Waals surface area contributed by atoms with Crippen LogP contribution in [0.3, 0.4) is 0 Å². The highest BCUT2D eigenvalue weighted by Crippen LogP contribution is 2.15. The van der Waals surface area contributed by atoms with E-state index in [0.29, 0.717) is 5.75 Å². The average molecular weight is 269 g/mol. The van der Waals surface area contributed by atoms with Crippen LogP contribution in [0.1, 0.15) is 59.1 Å². The molecule has 0 aliphatic carbocycles. The number of hydrogen-bond acceptors (Lipinski definition) is 2. The largest absolute Gasteiger partial charge is 0.508 e. The summed E-state index contributed by atoms with van der Waals surface area (Å²) in [6.45, 7) is 17.1. The number of nitrogens with two attached hydrogens (primary N) is 1. The maximum absolute atomic E-state index is 9.04. The molecule has 1 aromatic carbocycles. The van der Waals surface area contributed by atoms with Crippen molar-refractivity contribution in [1.29, 1.82) is 0 Å². The zero-order chi connectivity index (χ0) is 15.8. The molecule has 0 saturated heterocycles. The summed E-state index contributed by atoms with van der Waals surface area (Å²) in [6.07, 6.45) is 1.15. The Labute approximate surface area is 121 Å². The second kappa shape index (κ2) is 17.0. The predicted molar refractivity (Wildman–Crippen MR) is 88.8 cm³/mol. The van der Waals surface area contributed by atoms with Crippen molar-refractivity contribution in [2.45, 2.75) is 61.8 Å². The van der Waals surface area contributed by atoms with Gasteiger partial charge in [-0.05, 0) is 44.4 Å². The van der Waals surface area contributed by atoms with E-state index in [0.717, 1.165) is 24.4 Å². The van der Waals surface area contributed by atoms with Gasteiger partial charge in [0, 0.05) is 0 Å². The first kappa shape index (κ1) is 23.1. The average Bonchev–Trinajstić information content (AvgIpc) is 2.40. The lowest BCUT2D eigenvalue weighted by atomic mass is 10.1. The minimum absolute atomic E-state index is 0.376. The molecule has 2 heteroatoms. The molecule has 0 atom stereocenters. The molecule has 0 aliphatic heterocycles. The van der Waals surface area contributed by atoms with E-state index in [2.05, 4.69) is 13.8 Å². The van der Waals surface area contributed by atoms with Gasteiger partial charge in [-0.15, -0.1) is 0 Å². The Hall–Kier alpha value is -1.02. The van der Waals surface area contributed by atoms with Crippen LogP contribution in [0.15, 0.2) is 18.2 Å². The first-order valence-electron chi connectivity index (χ1n) is 7.43. The Bertz CT molecular complexity index is 283. The van der Waals surface area contributed by atoms with Crippen molar-refractivity contribution in [3.63, 3.8) is 0 Å². The third-order valence-corrected chi connectivity index (χ3v) is 2.10. The smallest absolute Gasteiger partial charge is 0.118 e. The molecule has 1 rings (SSSR count). The Balaban J connectivity index is -0.000000224. The summed E-state index contributed by atoms with van der Waals surface area (Å²) < 4.78 is 0. The van der Waals surface area contributed by atoms with Gasteiger partial charge in [-0.2, -0.15) is 0 Å². The Morgan fingerprint density at radius 3 is 1.74 bits per heavy atom. The van der Waals surface area contributed by atoms with E-state index in [1.54, 1.807) is 6.07 Å². The number of aryl methyl sites for hydroxylation is 2. The van der Waals surface area contributed by atoms with Crippen molar-refractivity contribution >= 4 is 0 Å². The molecule has 0 bridgehead atoms. The van der Waals surface area contributed by atoms with Crippen LogP contribution in [0.2, 0.25) is 0 Å². The van der Waals surface area contributed by atoms with E-state index >= 15 is 0 Å². The van der Waals surface area contributed by atoms with Crippen LogP contribution in [-0.4, -0.2) is 11.7 Å². The molecule has 0 aliphatic rings. The van der Waals surface area contributed by atoms with Crippen LogP contribution >= 0.6 is 0 Å². The predicted octanol–water partition coefficient (Wildman–Crippen LogP) is 5.05. The number of phenols is 1. The summed E-state index contributed by atoms with van der Waals surface area (Å²) in [5.74, 6) is 1.15. The highest BCUT2D eigenvalue weighted by Gasteiger charge is 1.91. The van der Waals surface area contributed by atoms with Gasteiger partial charge >= 0.3 is 0 Å². The molecule has 114 valence electrons. The quantitative estimate of drug-likeness (QED) is 0.789. The van der Waals surface area contributed by atoms with Gasteiger partial charge < -0.3 is 10.8 Å². The standard InChI is InChI=1S/C8H10O.C5H13N.2C2H6/c1-6-3-4-8(9)7(2)5-6;1-5(2)3-4-6;2*1-2/h3-5,9H,1-2H3;5H,3-4,6H2,1-2H3;2*1-2H3. The molecule has 0 fully saturated rings. The first-order chi connectivity index (χ1) is 8.97. The molecule has 0 spiro atoms. The van der Waals surface area contributed by atoms with E-state index in [-0.39, 0.29) is 0 Å². The van der Waals surface area contributed by atoms with Gasteiger partial charge in [0.25, 0.3) is 0 Å². The summed E-state index contributed by atoms with van der Waals surface area (Å²) in [7, 11) is 0. The summed E-state index contributed by atoms with van der Waals surface area (Å²) in [5, 5.41) is 9.04. The molecule has 1 aromatic rings. The molecule has 0 saturated carbocycles. The van der Waals surface area contributed by atoms with E-state index < -0.39 is 0 Å². The molecule has 2 nitrogen and oxygen atoms in total. The topological polar surface area (TPSA) is 46.2 Å². The summed E-state index contributed by atoms with van der Waals surface area (Å²) >= 11 is 0. The normalized spacial score (nSPS) is 8.32. The van der Waals surface area contributed by atoms with E-state index in [4.69, 9.17) is 10.8 Å². The van der Waals surface area contributed by atoms with Crippen molar-refractivity contribution < 1.29 is 5.11 Å². The Morgan fingerprint density at radius 1 is 1.05 bits per heavy atom. The number of aromatic hydroxyl groups is 1. The molecule has 0 unspecified atom stereocenters. The molecule has 0 amide bonds. The van der Waals surface area contributed by atoms with E-state index in [1.165, 1.54) is 5.56 Å². The second-order valence-electron chi connectivity index (χ2n) is 4.26. The Kier molecular flexibility index (Phi) is 20.6. The third kappa shape index (κ3) is 17.0. The second-order valence-corrected chi connectivity index (χ2v) is 4.26. The maximum Gasteiger partial charge on any atom is 0.118 e. The van der Waals surface area contributed by atoms with E-state index in [9.17, 15) is 0 Å². The van der Waals surface area contributed by atoms with Gasteiger partial charge in [0.05, 0.1) is 0 Å². The van der Waals surface area contributed by atoms with Crippen LogP contribution in [0, 0.1) is 19.8 Å². The van der Waals surface area contributed by atoms with Gasteiger partial charge in [-0.1, -0.05) is 59.2 Å². The van der Waals surface area contributed by atoms with Crippen molar-refractivity contribution in [3.05, 3.63) is 29.3 Å². The van der Waals surface area contributed by atoms with Crippen LogP contribution in [-0.2, 0) is 0 Å². The number of phenolic OH excluding ortho intramolecular Hbond substituents is 1. The lowest BCUT2D eigenvalue weighted by molar-refractivity contribution is 0.471. The Morgan fingerprint density at radius 2 is 1.53 bits per heavy atom. The van der Waals surface area contributed by atoms with Crippen molar-refractivity contribution in [2.24, 2.45) is 11.7 Å². The molecule has 0 heterocycles. The van der Waals surface area contributed by atoms with Gasteiger partial charge in [0.15, 0.2) is 0 Å². The minimum Gasteiger partial charge on any atom is -0.508 e. The third-order valence-electron chi connectivity index (χ3n) is 2.10. The zero-order valence-electron chi connectivity index (χ0n) is 14.2. The zero-order valence-corrected chi connectivity index (χ0v) is 14.2. The van der Waals surface area contributed by atoms with Crippen molar-refractivity contribution in [1.82, 2.24) is 0 Å². The van der Waals surface area contributed by atoms with Crippen LogP contribution in [0.4, 0.5) is 0 Å². The lowest BCUT2D eigenvalue weighted by Crippen LogP contribution is -2.01. The summed E-state index contributed by atoms with van der Waals surface area (Å²) in [5.41, 5.74) is 7.35. The highest BCUT2D eigenvalue weighted by atomic mass is 16.3. The number of benzene rings is 1. The minimum atomic E-state index is 0.376. The maximum atomic E-state index is 9.04. The fraction of sp³-hybridized carbons (Fsp3) is 0.647. The first-order valence-corrected chi connectivity index (χ1v) is 7.43. The fourth-order valence-corrected chi connectivity index (χ4v) is 1.14. The van der Waals surface area contributed by atoms with Crippen molar-refractivity contribution in [2.75, 3.05) is 6.54 Å². The summed E-state index contributed by atoms with van der Waals surface area (Å²) in [6, 6.07) is 5.56. The number of hydrogen-bond donors (Lipinski definition) is 2. The molecule has 0 aromatic heterocycles.